The van der Waals surface area contributed by atoms with Gasteiger partial charge in [-0.1, -0.05) is 54.1 Å². The lowest BCUT2D eigenvalue weighted by Crippen LogP contribution is -2.51. The molecule has 0 aromatic heterocycles. The number of rotatable bonds is 2. The highest BCUT2D eigenvalue weighted by molar-refractivity contribution is 6.37. The number of ether oxygens (including phenoxy) is 1. The second-order valence-corrected chi connectivity index (χ2v) is 8.88. The van der Waals surface area contributed by atoms with Gasteiger partial charge in [0.2, 0.25) is 29.0 Å². The molecule has 2 fully saturated rings. The first-order chi connectivity index (χ1) is 16.3. The summed E-state index contributed by atoms with van der Waals surface area (Å²) in [6.07, 6.45) is -0.977. The maximum absolute atomic E-state index is 13.7. The van der Waals surface area contributed by atoms with Gasteiger partial charge in [0.1, 0.15) is 5.82 Å². The van der Waals surface area contributed by atoms with Crippen LogP contribution >= 0.6 is 0 Å². The van der Waals surface area contributed by atoms with Crippen LogP contribution in [0.25, 0.3) is 0 Å². The first kappa shape index (κ1) is 20.6. The van der Waals surface area contributed by atoms with Crippen molar-refractivity contribution >= 4 is 29.1 Å². The number of hydrogen-bond donors (Lipinski definition) is 0. The highest BCUT2D eigenvalue weighted by Crippen LogP contribution is 2.57. The number of amides is 2. The Bertz CT molecular complexity index is 1360. The second-order valence-electron chi connectivity index (χ2n) is 8.88. The number of anilines is 1. The molecule has 1 aliphatic carbocycles. The molecule has 3 aromatic carbocycles. The van der Waals surface area contributed by atoms with Crippen molar-refractivity contribution in [3.05, 3.63) is 101 Å². The van der Waals surface area contributed by atoms with Gasteiger partial charge in [0.05, 0.1) is 23.6 Å². The van der Waals surface area contributed by atoms with E-state index in [1.54, 1.807) is 24.3 Å². The SMILES string of the molecule is Cc1ccc([C@@H]2OC3(C(=O)c4ccccc4C3=O)[C@@H]3C(=O)N(c4ccc(F)cc4)C(=O)[C@@H]32)cc1. The number of fused-ring (bicyclic) bond motifs is 3. The molecule has 2 heterocycles. The van der Waals surface area contributed by atoms with Crippen molar-refractivity contribution in [2.45, 2.75) is 18.6 Å². The summed E-state index contributed by atoms with van der Waals surface area (Å²) in [5, 5.41) is 0. The zero-order chi connectivity index (χ0) is 23.8. The Hall–Kier alpha value is -3.97. The van der Waals surface area contributed by atoms with Crippen molar-refractivity contribution in [2.24, 2.45) is 11.8 Å². The molecule has 0 saturated carbocycles. The summed E-state index contributed by atoms with van der Waals surface area (Å²) >= 11 is 0. The van der Waals surface area contributed by atoms with Crippen LogP contribution in [-0.4, -0.2) is 29.0 Å². The number of benzene rings is 3. The molecule has 0 unspecified atom stereocenters. The summed E-state index contributed by atoms with van der Waals surface area (Å²) in [5.74, 6) is -5.44. The quantitative estimate of drug-likeness (QED) is 0.433. The first-order valence-electron chi connectivity index (χ1n) is 10.9. The lowest BCUT2D eigenvalue weighted by Gasteiger charge is -2.27. The third-order valence-corrected chi connectivity index (χ3v) is 7.01. The summed E-state index contributed by atoms with van der Waals surface area (Å²) in [4.78, 5) is 55.7. The molecule has 0 radical (unpaired) electrons. The molecule has 6 nitrogen and oxygen atoms in total. The van der Waals surface area contributed by atoms with Crippen LogP contribution in [-0.2, 0) is 14.3 Å². The van der Waals surface area contributed by atoms with E-state index in [1.165, 1.54) is 24.3 Å². The summed E-state index contributed by atoms with van der Waals surface area (Å²) in [7, 11) is 0. The van der Waals surface area contributed by atoms with Crippen LogP contribution in [0, 0.1) is 24.6 Å². The molecule has 3 atom stereocenters. The minimum Gasteiger partial charge on any atom is -0.349 e. The lowest BCUT2D eigenvalue weighted by atomic mass is 9.77. The molecule has 6 rings (SSSR count). The Morgan fingerprint density at radius 3 is 1.97 bits per heavy atom. The van der Waals surface area contributed by atoms with Crippen LogP contribution in [0.4, 0.5) is 10.1 Å². The molecule has 0 N–H and O–H groups in total. The second kappa shape index (κ2) is 7.01. The van der Waals surface area contributed by atoms with Gasteiger partial charge in [0.25, 0.3) is 0 Å². The minimum atomic E-state index is -2.12. The number of imide groups is 1. The molecule has 3 aliphatic rings. The zero-order valence-corrected chi connectivity index (χ0v) is 18.0. The van der Waals surface area contributed by atoms with Crippen molar-refractivity contribution < 1.29 is 28.3 Å². The van der Waals surface area contributed by atoms with Gasteiger partial charge in [0.15, 0.2) is 0 Å². The molecular formula is C27H18FNO5. The molecule has 34 heavy (non-hydrogen) atoms. The minimum absolute atomic E-state index is 0.177. The van der Waals surface area contributed by atoms with Gasteiger partial charge < -0.3 is 4.74 Å². The van der Waals surface area contributed by atoms with Crippen LogP contribution in [0.3, 0.4) is 0 Å². The van der Waals surface area contributed by atoms with E-state index >= 15 is 0 Å². The lowest BCUT2D eigenvalue weighted by molar-refractivity contribution is -0.127. The Morgan fingerprint density at radius 2 is 1.38 bits per heavy atom. The number of aryl methyl sites for hydroxylation is 1. The normalized spacial score (nSPS) is 24.8. The van der Waals surface area contributed by atoms with Crippen LogP contribution in [0.2, 0.25) is 0 Å². The van der Waals surface area contributed by atoms with Gasteiger partial charge in [-0.3, -0.25) is 19.2 Å². The summed E-state index contributed by atoms with van der Waals surface area (Å²) in [5.41, 5.74) is -0.0104. The van der Waals surface area contributed by atoms with E-state index < -0.39 is 52.7 Å². The smallest absolute Gasteiger partial charge is 0.241 e. The van der Waals surface area contributed by atoms with Crippen molar-refractivity contribution in [2.75, 3.05) is 4.90 Å². The van der Waals surface area contributed by atoms with Crippen molar-refractivity contribution in [1.29, 1.82) is 0 Å². The summed E-state index contributed by atoms with van der Waals surface area (Å²) in [6.45, 7) is 1.91. The number of hydrogen-bond acceptors (Lipinski definition) is 5. The van der Waals surface area contributed by atoms with E-state index in [0.29, 0.717) is 5.56 Å². The van der Waals surface area contributed by atoms with Crippen molar-refractivity contribution in [1.82, 2.24) is 0 Å². The topological polar surface area (TPSA) is 80.8 Å². The largest absolute Gasteiger partial charge is 0.349 e. The van der Waals surface area contributed by atoms with Crippen LogP contribution in [0.1, 0.15) is 37.9 Å². The summed E-state index contributed by atoms with van der Waals surface area (Å²) in [6, 6.07) is 18.5. The third kappa shape index (κ3) is 2.53. The molecular weight excluding hydrogens is 437 g/mol. The van der Waals surface area contributed by atoms with Gasteiger partial charge in [0, 0.05) is 11.1 Å². The maximum Gasteiger partial charge on any atom is 0.241 e. The molecule has 7 heteroatoms. The fraction of sp³-hybridized carbons (Fsp3) is 0.185. The monoisotopic (exact) mass is 455 g/mol. The number of ketones is 2. The molecule has 2 amide bonds. The van der Waals surface area contributed by atoms with E-state index in [-0.39, 0.29) is 16.8 Å². The van der Waals surface area contributed by atoms with Crippen molar-refractivity contribution in [3.8, 4) is 0 Å². The maximum atomic E-state index is 13.7. The molecule has 3 aromatic rings. The van der Waals surface area contributed by atoms with Gasteiger partial charge in [-0.2, -0.15) is 0 Å². The molecule has 0 bridgehead atoms. The number of carbonyl (C=O) groups excluding carboxylic acids is 4. The van der Waals surface area contributed by atoms with E-state index in [9.17, 15) is 23.6 Å². The summed E-state index contributed by atoms with van der Waals surface area (Å²) < 4.78 is 19.7. The van der Waals surface area contributed by atoms with E-state index in [2.05, 4.69) is 0 Å². The highest BCUT2D eigenvalue weighted by atomic mass is 19.1. The molecule has 1 spiro atoms. The van der Waals surface area contributed by atoms with Crippen LogP contribution in [0.15, 0.2) is 72.8 Å². The van der Waals surface area contributed by atoms with Gasteiger partial charge >= 0.3 is 0 Å². The predicted molar refractivity (Wildman–Crippen MR) is 119 cm³/mol. The Balaban J connectivity index is 1.54. The van der Waals surface area contributed by atoms with Gasteiger partial charge in [-0.15, -0.1) is 0 Å². The Kier molecular flexibility index (Phi) is 4.25. The highest BCUT2D eigenvalue weighted by Gasteiger charge is 2.74. The number of carbonyl (C=O) groups is 4. The van der Waals surface area contributed by atoms with E-state index in [1.807, 2.05) is 19.1 Å². The number of Topliss-reactive ketones (excluding diaryl/α,β-unsaturated/α-hetero) is 2. The number of halogens is 1. The third-order valence-electron chi connectivity index (χ3n) is 7.01. The Labute approximate surface area is 193 Å². The van der Waals surface area contributed by atoms with E-state index in [0.717, 1.165) is 22.6 Å². The predicted octanol–water partition coefficient (Wildman–Crippen LogP) is 3.83. The van der Waals surface area contributed by atoms with Crippen molar-refractivity contribution in [3.63, 3.8) is 0 Å². The number of nitrogens with zero attached hydrogens (tertiary/aromatic N) is 1. The first-order valence-corrected chi connectivity index (χ1v) is 10.9. The standard InChI is InChI=1S/C27H18FNO5/c1-14-6-8-15(9-7-14)22-20-21(26(33)29(25(20)32)17-12-10-16(28)11-13-17)27(34-22)23(30)18-4-2-3-5-19(18)24(27)31/h2-13,20-22H,1H3/t20-,21-,22-/m0/s1. The van der Waals surface area contributed by atoms with E-state index in [4.69, 9.17) is 4.74 Å². The molecule has 2 aliphatic heterocycles. The Morgan fingerprint density at radius 1 is 0.794 bits per heavy atom. The van der Waals surface area contributed by atoms with Gasteiger partial charge in [-0.05, 0) is 36.8 Å². The van der Waals surface area contributed by atoms with Gasteiger partial charge in [-0.25, -0.2) is 9.29 Å². The zero-order valence-electron chi connectivity index (χ0n) is 18.0. The average molecular weight is 455 g/mol. The fourth-order valence-electron chi connectivity index (χ4n) is 5.42. The molecule has 2 saturated heterocycles. The average Bonchev–Trinajstić information content (AvgIpc) is 3.40. The fourth-order valence-corrected chi connectivity index (χ4v) is 5.42. The van der Waals surface area contributed by atoms with Crippen LogP contribution < -0.4 is 4.90 Å². The van der Waals surface area contributed by atoms with Crippen LogP contribution in [0.5, 0.6) is 0 Å². The molecule has 168 valence electrons.